The number of hydrogen-bond acceptors (Lipinski definition) is 4. The molecule has 2 fully saturated rings. The zero-order valence-corrected chi connectivity index (χ0v) is 13.0. The number of benzene rings is 1. The van der Waals surface area contributed by atoms with Crippen LogP contribution in [0.25, 0.3) is 0 Å². The van der Waals surface area contributed by atoms with Gasteiger partial charge < -0.3 is 14.8 Å². The molecule has 1 amide bonds. The maximum Gasteiger partial charge on any atom is 0.225 e. The zero-order chi connectivity index (χ0) is 15.4. The second kappa shape index (κ2) is 7.22. The summed E-state index contributed by atoms with van der Waals surface area (Å²) in [5.74, 6) is 0.00753. The summed E-state index contributed by atoms with van der Waals surface area (Å²) in [4.78, 5) is 14.6. The minimum absolute atomic E-state index is 0.00753. The van der Waals surface area contributed by atoms with Crippen molar-refractivity contribution in [2.75, 3.05) is 26.8 Å². The van der Waals surface area contributed by atoms with Gasteiger partial charge in [-0.15, -0.1) is 0 Å². The van der Waals surface area contributed by atoms with Crippen LogP contribution in [0.5, 0.6) is 0 Å². The molecule has 0 aromatic heterocycles. The molecule has 2 heterocycles. The quantitative estimate of drug-likeness (QED) is 0.920. The van der Waals surface area contributed by atoms with Gasteiger partial charge in [0, 0.05) is 12.6 Å². The molecule has 120 valence electrons. The lowest BCUT2D eigenvalue weighted by Crippen LogP contribution is -2.41. The number of nitrogens with one attached hydrogen (secondary N) is 1. The Morgan fingerprint density at radius 3 is 2.73 bits per heavy atom. The van der Waals surface area contributed by atoms with Crippen molar-refractivity contribution in [3.8, 4) is 0 Å². The SMILES string of the molecule is CN1CC[C@H](NC(=O)CC2OCCCO2)[C@@H]1c1ccccc1. The molecule has 0 unspecified atom stereocenters. The summed E-state index contributed by atoms with van der Waals surface area (Å²) in [5, 5.41) is 3.16. The van der Waals surface area contributed by atoms with Gasteiger partial charge >= 0.3 is 0 Å². The lowest BCUT2D eigenvalue weighted by molar-refractivity contribution is -0.184. The zero-order valence-electron chi connectivity index (χ0n) is 13.0. The summed E-state index contributed by atoms with van der Waals surface area (Å²) >= 11 is 0. The minimum atomic E-state index is -0.386. The van der Waals surface area contributed by atoms with Crippen molar-refractivity contribution in [2.24, 2.45) is 0 Å². The van der Waals surface area contributed by atoms with Crippen LogP contribution in [0.1, 0.15) is 30.9 Å². The van der Waals surface area contributed by atoms with E-state index in [1.54, 1.807) is 0 Å². The van der Waals surface area contributed by atoms with Gasteiger partial charge in [-0.3, -0.25) is 9.69 Å². The molecule has 3 rings (SSSR count). The molecular weight excluding hydrogens is 280 g/mol. The first-order valence-corrected chi connectivity index (χ1v) is 8.02. The molecule has 2 atom stereocenters. The number of nitrogens with zero attached hydrogens (tertiary/aromatic N) is 1. The van der Waals surface area contributed by atoms with Crippen LogP contribution in [0.4, 0.5) is 0 Å². The molecule has 0 saturated carbocycles. The van der Waals surface area contributed by atoms with Gasteiger partial charge in [0.05, 0.1) is 25.7 Å². The third-order valence-electron chi connectivity index (χ3n) is 4.38. The highest BCUT2D eigenvalue weighted by atomic mass is 16.7. The molecule has 2 aliphatic rings. The number of rotatable bonds is 4. The minimum Gasteiger partial charge on any atom is -0.352 e. The standard InChI is InChI=1S/C17H24N2O3/c1-19-9-8-14(17(19)13-6-3-2-4-7-13)18-15(20)12-16-21-10-5-11-22-16/h2-4,6-7,14,16-17H,5,8-12H2,1H3,(H,18,20)/t14-,17-/m0/s1. The first-order chi connectivity index (χ1) is 10.7. The Morgan fingerprint density at radius 2 is 2.00 bits per heavy atom. The van der Waals surface area contributed by atoms with E-state index < -0.39 is 0 Å². The Kier molecular flexibility index (Phi) is 5.08. The Morgan fingerprint density at radius 1 is 1.27 bits per heavy atom. The number of hydrogen-bond donors (Lipinski definition) is 1. The van der Waals surface area contributed by atoms with Crippen LogP contribution in [0.15, 0.2) is 30.3 Å². The Balaban J connectivity index is 1.59. The molecular formula is C17H24N2O3. The number of likely N-dealkylation sites (N-methyl/N-ethyl adjacent to an activating group) is 1. The van der Waals surface area contributed by atoms with E-state index in [9.17, 15) is 4.79 Å². The van der Waals surface area contributed by atoms with Crippen molar-refractivity contribution < 1.29 is 14.3 Å². The fourth-order valence-electron chi connectivity index (χ4n) is 3.31. The third kappa shape index (κ3) is 3.66. The van der Waals surface area contributed by atoms with Crippen molar-refractivity contribution in [1.82, 2.24) is 10.2 Å². The molecule has 1 aromatic rings. The van der Waals surface area contributed by atoms with Gasteiger partial charge in [0.15, 0.2) is 6.29 Å². The maximum atomic E-state index is 12.3. The van der Waals surface area contributed by atoms with Crippen LogP contribution < -0.4 is 5.32 Å². The summed E-state index contributed by atoms with van der Waals surface area (Å²) in [6.45, 7) is 2.34. The second-order valence-corrected chi connectivity index (χ2v) is 6.03. The lowest BCUT2D eigenvalue weighted by Gasteiger charge is -2.27. The van der Waals surface area contributed by atoms with Gasteiger partial charge in [0.2, 0.25) is 5.91 Å². The van der Waals surface area contributed by atoms with E-state index in [1.807, 2.05) is 18.2 Å². The molecule has 1 aromatic carbocycles. The van der Waals surface area contributed by atoms with Crippen LogP contribution in [-0.4, -0.2) is 49.9 Å². The van der Waals surface area contributed by atoms with Crippen molar-refractivity contribution in [3.05, 3.63) is 35.9 Å². The number of ether oxygens (including phenoxy) is 2. The molecule has 0 aliphatic carbocycles. The van der Waals surface area contributed by atoms with Crippen molar-refractivity contribution >= 4 is 5.91 Å². The maximum absolute atomic E-state index is 12.3. The summed E-state index contributed by atoms with van der Waals surface area (Å²) < 4.78 is 10.9. The Bertz CT molecular complexity index is 488. The Labute approximate surface area is 131 Å². The van der Waals surface area contributed by atoms with Gasteiger partial charge in [-0.25, -0.2) is 0 Å². The monoisotopic (exact) mass is 304 g/mol. The molecule has 0 radical (unpaired) electrons. The first kappa shape index (κ1) is 15.5. The van der Waals surface area contributed by atoms with Gasteiger partial charge in [-0.2, -0.15) is 0 Å². The predicted octanol–water partition coefficient (Wildman–Crippen LogP) is 1.70. The molecule has 5 nitrogen and oxygen atoms in total. The number of likely N-dealkylation sites (tertiary alicyclic amines) is 1. The van der Waals surface area contributed by atoms with Crippen LogP contribution in [-0.2, 0) is 14.3 Å². The summed E-state index contributed by atoms with van der Waals surface area (Å²) in [5.41, 5.74) is 1.25. The average molecular weight is 304 g/mol. The van der Waals surface area contributed by atoms with E-state index in [0.717, 1.165) is 19.4 Å². The van der Waals surface area contributed by atoms with Gasteiger partial charge in [-0.05, 0) is 25.5 Å². The van der Waals surface area contributed by atoms with Crippen LogP contribution in [0.3, 0.4) is 0 Å². The second-order valence-electron chi connectivity index (χ2n) is 6.03. The number of carbonyl (C=O) groups excluding carboxylic acids is 1. The van der Waals surface area contributed by atoms with Crippen LogP contribution in [0.2, 0.25) is 0 Å². The molecule has 22 heavy (non-hydrogen) atoms. The highest BCUT2D eigenvalue weighted by molar-refractivity contribution is 5.76. The van der Waals surface area contributed by atoms with Crippen LogP contribution in [0, 0.1) is 0 Å². The van der Waals surface area contributed by atoms with E-state index in [-0.39, 0.29) is 30.7 Å². The van der Waals surface area contributed by atoms with E-state index >= 15 is 0 Å². The molecule has 1 N–H and O–H groups in total. The summed E-state index contributed by atoms with van der Waals surface area (Å²) in [6.07, 6.45) is 1.76. The molecule has 2 saturated heterocycles. The van der Waals surface area contributed by atoms with E-state index in [1.165, 1.54) is 5.56 Å². The molecule has 0 bridgehead atoms. The molecule has 2 aliphatic heterocycles. The number of carbonyl (C=O) groups is 1. The highest BCUT2D eigenvalue weighted by Crippen LogP contribution is 2.30. The smallest absolute Gasteiger partial charge is 0.225 e. The normalized spacial score (nSPS) is 27.0. The Hall–Kier alpha value is -1.43. The highest BCUT2D eigenvalue weighted by Gasteiger charge is 2.34. The van der Waals surface area contributed by atoms with Gasteiger partial charge in [0.1, 0.15) is 0 Å². The summed E-state index contributed by atoms with van der Waals surface area (Å²) in [7, 11) is 2.11. The first-order valence-electron chi connectivity index (χ1n) is 8.02. The predicted molar refractivity (Wildman–Crippen MR) is 83.3 cm³/mol. The summed E-state index contributed by atoms with van der Waals surface area (Å²) in [6, 6.07) is 10.7. The van der Waals surface area contributed by atoms with Crippen molar-refractivity contribution in [3.63, 3.8) is 0 Å². The third-order valence-corrected chi connectivity index (χ3v) is 4.38. The van der Waals surface area contributed by atoms with Crippen molar-refractivity contribution in [2.45, 2.75) is 37.6 Å². The molecule has 0 spiro atoms. The van der Waals surface area contributed by atoms with Gasteiger partial charge in [0.25, 0.3) is 0 Å². The fraction of sp³-hybridized carbons (Fsp3) is 0.588. The largest absolute Gasteiger partial charge is 0.352 e. The van der Waals surface area contributed by atoms with E-state index in [2.05, 4.69) is 29.4 Å². The average Bonchev–Trinajstić information content (AvgIpc) is 2.89. The van der Waals surface area contributed by atoms with E-state index in [4.69, 9.17) is 9.47 Å². The van der Waals surface area contributed by atoms with E-state index in [0.29, 0.717) is 13.2 Å². The van der Waals surface area contributed by atoms with Crippen molar-refractivity contribution in [1.29, 1.82) is 0 Å². The van der Waals surface area contributed by atoms with Crippen LogP contribution >= 0.6 is 0 Å². The molecule has 5 heteroatoms. The topological polar surface area (TPSA) is 50.8 Å². The fourth-order valence-corrected chi connectivity index (χ4v) is 3.31. The lowest BCUT2D eigenvalue weighted by atomic mass is 10.00. The van der Waals surface area contributed by atoms with Gasteiger partial charge in [-0.1, -0.05) is 30.3 Å². The number of amides is 1.